The molecule has 142 valence electrons. The maximum absolute atomic E-state index is 12.1. The van der Waals surface area contributed by atoms with Crippen LogP contribution in [0, 0.1) is 0 Å². The summed E-state index contributed by atoms with van der Waals surface area (Å²) in [5.41, 5.74) is 0.501. The number of isothiocyanates is 1. The fraction of sp³-hybridized carbons (Fsp3) is 0. The summed E-state index contributed by atoms with van der Waals surface area (Å²) < 4.78 is 31.6. The zero-order chi connectivity index (χ0) is 20.3. The lowest BCUT2D eigenvalue weighted by Crippen LogP contribution is -2.16. The van der Waals surface area contributed by atoms with Crippen LogP contribution in [0.4, 0.5) is 5.69 Å². The number of carboxylic acid groups (broad SMARTS) is 1. The fourth-order valence-electron chi connectivity index (χ4n) is 2.47. The van der Waals surface area contributed by atoms with Crippen molar-refractivity contribution in [1.82, 2.24) is 4.57 Å². The first-order valence-electron chi connectivity index (χ1n) is 7.73. The van der Waals surface area contributed by atoms with Crippen molar-refractivity contribution in [3.63, 3.8) is 0 Å². The summed E-state index contributed by atoms with van der Waals surface area (Å²) in [5.74, 6) is -1.10. The number of carbonyl (C=O) groups is 1. The van der Waals surface area contributed by atoms with Crippen LogP contribution in [0.1, 0.15) is 10.4 Å². The second-order valence-corrected chi connectivity index (χ2v) is 7.27. The van der Waals surface area contributed by atoms with Crippen LogP contribution in [-0.4, -0.2) is 29.2 Å². The van der Waals surface area contributed by atoms with E-state index in [1.54, 1.807) is 48.8 Å². The third kappa shape index (κ3) is 4.16. The molecule has 28 heavy (non-hydrogen) atoms. The van der Waals surface area contributed by atoms with Crippen molar-refractivity contribution >= 4 is 39.1 Å². The molecule has 0 bridgehead atoms. The van der Waals surface area contributed by atoms with Crippen molar-refractivity contribution < 1.29 is 23.1 Å². The number of nitrogens with two attached hydrogens (primary N) is 1. The zero-order valence-electron chi connectivity index (χ0n) is 14.1. The van der Waals surface area contributed by atoms with Crippen molar-refractivity contribution in [2.24, 2.45) is 10.1 Å². The van der Waals surface area contributed by atoms with Crippen LogP contribution in [-0.2, 0) is 10.0 Å². The Balaban J connectivity index is 2.22. The van der Waals surface area contributed by atoms with E-state index in [0.717, 1.165) is 6.07 Å². The van der Waals surface area contributed by atoms with E-state index in [2.05, 4.69) is 22.4 Å². The Bertz CT molecular complexity index is 1180. The fourth-order valence-corrected chi connectivity index (χ4v) is 3.27. The Morgan fingerprint density at radius 2 is 1.82 bits per heavy atom. The van der Waals surface area contributed by atoms with E-state index in [9.17, 15) is 18.3 Å². The van der Waals surface area contributed by atoms with E-state index in [1.165, 1.54) is 10.6 Å². The quantitative estimate of drug-likeness (QED) is 0.470. The number of benzene rings is 2. The van der Waals surface area contributed by atoms with E-state index in [-0.39, 0.29) is 17.0 Å². The van der Waals surface area contributed by atoms with Gasteiger partial charge in [0.05, 0.1) is 22.1 Å². The van der Waals surface area contributed by atoms with Gasteiger partial charge in [0.15, 0.2) is 5.75 Å². The largest absolute Gasteiger partial charge is 0.478 e. The van der Waals surface area contributed by atoms with Crippen molar-refractivity contribution in [2.75, 3.05) is 0 Å². The van der Waals surface area contributed by atoms with Gasteiger partial charge < -0.3 is 14.4 Å². The van der Waals surface area contributed by atoms with E-state index in [4.69, 9.17) is 9.88 Å². The average molecular weight is 415 g/mol. The molecular formula is C18H13N3O5S2. The van der Waals surface area contributed by atoms with Crippen LogP contribution in [0.2, 0.25) is 0 Å². The maximum Gasteiger partial charge on any atom is 0.335 e. The predicted molar refractivity (Wildman–Crippen MR) is 105 cm³/mol. The molecule has 0 aliphatic heterocycles. The topological polar surface area (TPSA) is 124 Å². The number of aromatic nitrogens is 1. The number of aromatic carboxylic acids is 1. The van der Waals surface area contributed by atoms with Gasteiger partial charge in [-0.25, -0.2) is 18.4 Å². The van der Waals surface area contributed by atoms with Crippen LogP contribution >= 0.6 is 12.2 Å². The van der Waals surface area contributed by atoms with Crippen molar-refractivity contribution in [2.45, 2.75) is 4.90 Å². The molecule has 1 heterocycles. The maximum atomic E-state index is 12.1. The Labute approximate surface area is 165 Å². The van der Waals surface area contributed by atoms with Crippen LogP contribution < -0.4 is 9.88 Å². The Hall–Kier alpha value is -3.30. The summed E-state index contributed by atoms with van der Waals surface area (Å²) in [6.07, 6.45) is 3.25. The lowest BCUT2D eigenvalue weighted by Gasteiger charge is -2.16. The Kier molecular flexibility index (Phi) is 5.39. The molecule has 0 spiro atoms. The third-order valence-corrected chi connectivity index (χ3v) is 4.71. The number of hydrogen-bond acceptors (Lipinski definition) is 6. The van der Waals surface area contributed by atoms with Gasteiger partial charge >= 0.3 is 5.97 Å². The number of hydrogen-bond donors (Lipinski definition) is 2. The van der Waals surface area contributed by atoms with Crippen molar-refractivity contribution in [1.29, 1.82) is 0 Å². The molecule has 0 atom stereocenters. The number of thiocarbonyl (C=S) groups is 1. The van der Waals surface area contributed by atoms with Crippen molar-refractivity contribution in [3.05, 3.63) is 66.5 Å². The van der Waals surface area contributed by atoms with Crippen LogP contribution in [0.3, 0.4) is 0 Å². The number of carboxylic acids is 1. The average Bonchev–Trinajstić information content (AvgIpc) is 3.17. The van der Waals surface area contributed by atoms with Crippen LogP contribution in [0.25, 0.3) is 5.69 Å². The van der Waals surface area contributed by atoms with Gasteiger partial charge in [0.25, 0.3) is 0 Å². The predicted octanol–water partition coefficient (Wildman–Crippen LogP) is 3.35. The lowest BCUT2D eigenvalue weighted by atomic mass is 10.1. The molecule has 0 saturated heterocycles. The third-order valence-electron chi connectivity index (χ3n) is 3.70. The van der Waals surface area contributed by atoms with Gasteiger partial charge in [-0.2, -0.15) is 4.99 Å². The molecule has 10 heteroatoms. The monoisotopic (exact) mass is 415 g/mol. The number of sulfonamides is 1. The first-order chi connectivity index (χ1) is 13.3. The molecular weight excluding hydrogens is 402 g/mol. The van der Waals surface area contributed by atoms with Gasteiger partial charge in [-0.05, 0) is 60.7 Å². The highest BCUT2D eigenvalue weighted by atomic mass is 32.2. The highest BCUT2D eigenvalue weighted by molar-refractivity contribution is 7.89. The summed E-state index contributed by atoms with van der Waals surface area (Å²) in [4.78, 5) is 14.8. The van der Waals surface area contributed by atoms with Gasteiger partial charge in [-0.3, -0.25) is 0 Å². The van der Waals surface area contributed by atoms with Crippen LogP contribution in [0.15, 0.2) is 70.8 Å². The molecule has 0 aliphatic rings. The lowest BCUT2D eigenvalue weighted by molar-refractivity contribution is 0.0696. The molecule has 0 unspecified atom stereocenters. The summed E-state index contributed by atoms with van der Waals surface area (Å²) >= 11 is 4.55. The molecule has 0 fully saturated rings. The summed E-state index contributed by atoms with van der Waals surface area (Å²) in [5, 5.41) is 16.9. The minimum Gasteiger partial charge on any atom is -0.478 e. The summed E-state index contributed by atoms with van der Waals surface area (Å²) in [7, 11) is -4.28. The molecule has 0 saturated carbocycles. The standard InChI is InChI=1S/C18H13N3O5S2/c19-28(24,25)16-10-12(18(22)23)9-15(21-7-1-2-8-21)17(16)26-14-5-3-13(4-6-14)20-11-27/h1-10H,(H,22,23)(H2,19,24,25). The first kappa shape index (κ1) is 19.5. The molecule has 1 aromatic heterocycles. The SMILES string of the molecule is NS(=O)(=O)c1cc(C(=O)O)cc(-n2cccc2)c1Oc1ccc(N=C=S)cc1. The second-order valence-electron chi connectivity index (χ2n) is 5.56. The molecule has 2 aromatic carbocycles. The van der Waals surface area contributed by atoms with E-state index in [1.807, 2.05) is 0 Å². The second kappa shape index (κ2) is 7.75. The first-order valence-corrected chi connectivity index (χ1v) is 9.68. The van der Waals surface area contributed by atoms with Gasteiger partial charge in [0, 0.05) is 12.4 Å². The van der Waals surface area contributed by atoms with Crippen LogP contribution in [0.5, 0.6) is 11.5 Å². The minimum atomic E-state index is -4.28. The Morgan fingerprint density at radius 1 is 1.18 bits per heavy atom. The van der Waals surface area contributed by atoms with Gasteiger partial charge in [-0.1, -0.05) is 0 Å². The molecule has 3 rings (SSSR count). The number of ether oxygens (including phenoxy) is 1. The molecule has 0 amide bonds. The van der Waals surface area contributed by atoms with E-state index < -0.39 is 20.9 Å². The Morgan fingerprint density at radius 3 is 2.36 bits per heavy atom. The minimum absolute atomic E-state index is 0.102. The number of rotatable bonds is 6. The molecule has 0 aliphatic carbocycles. The highest BCUT2D eigenvalue weighted by Gasteiger charge is 2.24. The zero-order valence-corrected chi connectivity index (χ0v) is 15.8. The van der Waals surface area contributed by atoms with E-state index >= 15 is 0 Å². The normalized spacial score (nSPS) is 10.9. The highest BCUT2D eigenvalue weighted by Crippen LogP contribution is 2.36. The van der Waals surface area contributed by atoms with Crippen molar-refractivity contribution in [3.8, 4) is 17.2 Å². The smallest absolute Gasteiger partial charge is 0.335 e. The molecule has 8 nitrogen and oxygen atoms in total. The van der Waals surface area contributed by atoms with Gasteiger partial charge in [0.1, 0.15) is 10.6 Å². The number of nitrogens with zero attached hydrogens (tertiary/aromatic N) is 2. The number of aliphatic imine (C=N–C) groups is 1. The molecule has 3 N–H and O–H groups in total. The molecule has 3 aromatic rings. The number of primary sulfonamides is 1. The summed E-state index contributed by atoms with van der Waals surface area (Å²) in [6.45, 7) is 0. The summed E-state index contributed by atoms with van der Waals surface area (Å²) in [6, 6.07) is 12.0. The van der Waals surface area contributed by atoms with E-state index in [0.29, 0.717) is 11.4 Å². The molecule has 0 radical (unpaired) electrons. The van der Waals surface area contributed by atoms with Gasteiger partial charge in [-0.15, -0.1) is 0 Å². The van der Waals surface area contributed by atoms with Gasteiger partial charge in [0.2, 0.25) is 10.0 Å².